The van der Waals surface area contributed by atoms with Crippen LogP contribution in [-0.4, -0.2) is 38.0 Å². The van der Waals surface area contributed by atoms with Crippen LogP contribution in [0.2, 0.25) is 0 Å². The minimum atomic E-state index is 0.224. The number of amides is 1. The molecule has 0 bridgehead atoms. The first-order valence-corrected chi connectivity index (χ1v) is 6.04. The molecule has 0 saturated heterocycles. The summed E-state index contributed by atoms with van der Waals surface area (Å²) in [5.74, 6) is 0.461. The van der Waals surface area contributed by atoms with Gasteiger partial charge >= 0.3 is 0 Å². The summed E-state index contributed by atoms with van der Waals surface area (Å²) in [5.41, 5.74) is 0. The Hall–Kier alpha value is -0.570. The molecule has 0 unspecified atom stereocenters. The fourth-order valence-electron chi connectivity index (χ4n) is 1.65. The molecule has 0 aliphatic rings. The van der Waals surface area contributed by atoms with Gasteiger partial charge in [0.2, 0.25) is 5.91 Å². The lowest BCUT2D eigenvalue weighted by molar-refractivity contribution is -0.125. The summed E-state index contributed by atoms with van der Waals surface area (Å²) in [6.07, 6.45) is 4.21. The predicted molar refractivity (Wildman–Crippen MR) is 64.9 cm³/mol. The fourth-order valence-corrected chi connectivity index (χ4v) is 1.65. The first kappa shape index (κ1) is 14.4. The van der Waals surface area contributed by atoms with Gasteiger partial charge in [0.05, 0.1) is 0 Å². The number of nitrogens with one attached hydrogen (secondary N) is 1. The van der Waals surface area contributed by atoms with Gasteiger partial charge < -0.3 is 10.2 Å². The number of hydrogen-bond acceptors (Lipinski definition) is 2. The van der Waals surface area contributed by atoms with Crippen molar-refractivity contribution >= 4 is 5.91 Å². The SMILES string of the molecule is CCCC(CCC)C(=O)NCCN(C)C. The Bertz CT molecular complexity index is 163. The van der Waals surface area contributed by atoms with Crippen molar-refractivity contribution in [3.05, 3.63) is 0 Å². The lowest BCUT2D eigenvalue weighted by Gasteiger charge is -2.16. The molecule has 0 aromatic rings. The highest BCUT2D eigenvalue weighted by Gasteiger charge is 2.15. The zero-order valence-corrected chi connectivity index (χ0v) is 10.7. The van der Waals surface area contributed by atoms with Crippen LogP contribution in [0.4, 0.5) is 0 Å². The van der Waals surface area contributed by atoms with Gasteiger partial charge in [-0.05, 0) is 26.9 Å². The van der Waals surface area contributed by atoms with E-state index >= 15 is 0 Å². The molecule has 1 amide bonds. The molecule has 3 nitrogen and oxygen atoms in total. The minimum Gasteiger partial charge on any atom is -0.355 e. The van der Waals surface area contributed by atoms with Gasteiger partial charge in [-0.25, -0.2) is 0 Å². The van der Waals surface area contributed by atoms with Crippen molar-refractivity contribution in [2.75, 3.05) is 27.2 Å². The number of nitrogens with zero attached hydrogens (tertiary/aromatic N) is 1. The Morgan fingerprint density at radius 3 is 2.13 bits per heavy atom. The third kappa shape index (κ3) is 7.37. The fraction of sp³-hybridized carbons (Fsp3) is 0.917. The highest BCUT2D eigenvalue weighted by Crippen LogP contribution is 2.13. The van der Waals surface area contributed by atoms with Crippen molar-refractivity contribution in [2.45, 2.75) is 39.5 Å². The van der Waals surface area contributed by atoms with Crippen LogP contribution in [-0.2, 0) is 4.79 Å². The van der Waals surface area contributed by atoms with Crippen LogP contribution in [0.5, 0.6) is 0 Å². The summed E-state index contributed by atoms with van der Waals surface area (Å²) in [5, 5.41) is 3.00. The van der Waals surface area contributed by atoms with E-state index in [0.29, 0.717) is 0 Å². The van der Waals surface area contributed by atoms with Gasteiger partial charge in [-0.2, -0.15) is 0 Å². The zero-order valence-electron chi connectivity index (χ0n) is 10.7. The van der Waals surface area contributed by atoms with E-state index < -0.39 is 0 Å². The van der Waals surface area contributed by atoms with Gasteiger partial charge in [0.15, 0.2) is 0 Å². The van der Waals surface area contributed by atoms with E-state index in [1.165, 1.54) is 0 Å². The third-order valence-electron chi connectivity index (χ3n) is 2.50. The van der Waals surface area contributed by atoms with E-state index in [9.17, 15) is 4.79 Å². The number of likely N-dealkylation sites (N-methyl/N-ethyl adjacent to an activating group) is 1. The summed E-state index contributed by atoms with van der Waals surface area (Å²) in [6.45, 7) is 5.94. The molecule has 0 aromatic heterocycles. The molecule has 0 rings (SSSR count). The van der Waals surface area contributed by atoms with E-state index in [4.69, 9.17) is 0 Å². The standard InChI is InChI=1S/C12H26N2O/c1-5-7-11(8-6-2)12(15)13-9-10-14(3)4/h11H,5-10H2,1-4H3,(H,13,15). The molecule has 0 atom stereocenters. The first-order valence-electron chi connectivity index (χ1n) is 6.04. The summed E-state index contributed by atoms with van der Waals surface area (Å²) < 4.78 is 0. The van der Waals surface area contributed by atoms with E-state index in [-0.39, 0.29) is 11.8 Å². The van der Waals surface area contributed by atoms with Gasteiger partial charge in [-0.15, -0.1) is 0 Å². The number of rotatable bonds is 8. The van der Waals surface area contributed by atoms with Crippen LogP contribution in [0.15, 0.2) is 0 Å². The van der Waals surface area contributed by atoms with Crippen molar-refractivity contribution in [1.29, 1.82) is 0 Å². The van der Waals surface area contributed by atoms with Crippen LogP contribution >= 0.6 is 0 Å². The Labute approximate surface area is 94.2 Å². The average Bonchev–Trinajstić information content (AvgIpc) is 2.16. The molecule has 90 valence electrons. The molecule has 15 heavy (non-hydrogen) atoms. The molecule has 0 saturated carbocycles. The molecule has 0 spiro atoms. The quantitative estimate of drug-likeness (QED) is 0.669. The zero-order chi connectivity index (χ0) is 11.7. The third-order valence-corrected chi connectivity index (χ3v) is 2.50. The molecule has 0 fully saturated rings. The van der Waals surface area contributed by atoms with Gasteiger partial charge in [0.1, 0.15) is 0 Å². The van der Waals surface area contributed by atoms with Crippen molar-refractivity contribution < 1.29 is 4.79 Å². The largest absolute Gasteiger partial charge is 0.355 e. The van der Waals surface area contributed by atoms with Gasteiger partial charge in [-0.3, -0.25) is 4.79 Å². The summed E-state index contributed by atoms with van der Waals surface area (Å²) in [7, 11) is 4.03. The molecular formula is C12H26N2O. The van der Waals surface area contributed by atoms with Crippen LogP contribution in [0, 0.1) is 5.92 Å². The molecule has 0 radical (unpaired) electrons. The normalized spacial score (nSPS) is 11.1. The lowest BCUT2D eigenvalue weighted by atomic mass is 9.97. The molecular weight excluding hydrogens is 188 g/mol. The average molecular weight is 214 g/mol. The Balaban J connectivity index is 3.80. The second-order valence-electron chi connectivity index (χ2n) is 4.37. The maximum atomic E-state index is 11.8. The maximum absolute atomic E-state index is 11.8. The van der Waals surface area contributed by atoms with E-state index in [1.54, 1.807) is 0 Å². The summed E-state index contributed by atoms with van der Waals surface area (Å²) in [6, 6.07) is 0. The second-order valence-corrected chi connectivity index (χ2v) is 4.37. The Morgan fingerprint density at radius 1 is 1.20 bits per heavy atom. The highest BCUT2D eigenvalue weighted by atomic mass is 16.1. The molecule has 0 heterocycles. The first-order chi connectivity index (χ1) is 7.11. The van der Waals surface area contributed by atoms with Crippen LogP contribution in [0.1, 0.15) is 39.5 Å². The molecule has 0 aromatic carbocycles. The van der Waals surface area contributed by atoms with E-state index in [0.717, 1.165) is 38.8 Å². The topological polar surface area (TPSA) is 32.3 Å². The second kappa shape index (κ2) is 8.72. The monoisotopic (exact) mass is 214 g/mol. The predicted octanol–water partition coefficient (Wildman–Crippen LogP) is 1.88. The maximum Gasteiger partial charge on any atom is 0.223 e. The molecule has 3 heteroatoms. The van der Waals surface area contributed by atoms with Gasteiger partial charge in [-0.1, -0.05) is 26.7 Å². The number of carbonyl (C=O) groups is 1. The van der Waals surface area contributed by atoms with Gasteiger partial charge in [0, 0.05) is 19.0 Å². The molecule has 0 aliphatic carbocycles. The van der Waals surface area contributed by atoms with Crippen molar-refractivity contribution in [2.24, 2.45) is 5.92 Å². The van der Waals surface area contributed by atoms with Crippen molar-refractivity contribution in [3.63, 3.8) is 0 Å². The van der Waals surface area contributed by atoms with Crippen LogP contribution in [0.3, 0.4) is 0 Å². The minimum absolute atomic E-state index is 0.224. The Morgan fingerprint density at radius 2 is 1.73 bits per heavy atom. The van der Waals surface area contributed by atoms with Crippen molar-refractivity contribution in [1.82, 2.24) is 10.2 Å². The van der Waals surface area contributed by atoms with E-state index in [2.05, 4.69) is 24.1 Å². The van der Waals surface area contributed by atoms with E-state index in [1.807, 2.05) is 14.1 Å². The van der Waals surface area contributed by atoms with Crippen molar-refractivity contribution in [3.8, 4) is 0 Å². The number of hydrogen-bond donors (Lipinski definition) is 1. The lowest BCUT2D eigenvalue weighted by Crippen LogP contribution is -2.35. The summed E-state index contributed by atoms with van der Waals surface area (Å²) >= 11 is 0. The van der Waals surface area contributed by atoms with Crippen LogP contribution in [0.25, 0.3) is 0 Å². The molecule has 1 N–H and O–H groups in total. The smallest absolute Gasteiger partial charge is 0.223 e. The highest BCUT2D eigenvalue weighted by molar-refractivity contribution is 5.78. The summed E-state index contributed by atoms with van der Waals surface area (Å²) in [4.78, 5) is 13.9. The Kier molecular flexibility index (Phi) is 8.38. The molecule has 0 aliphatic heterocycles. The van der Waals surface area contributed by atoms with Gasteiger partial charge in [0.25, 0.3) is 0 Å². The number of carbonyl (C=O) groups excluding carboxylic acids is 1. The van der Waals surface area contributed by atoms with Crippen LogP contribution < -0.4 is 5.32 Å².